The second kappa shape index (κ2) is 28.7. The molecule has 0 saturated carbocycles. The maximum absolute atomic E-state index is 12.7. The maximum Gasteiger partial charge on any atom is 0.472 e. The lowest BCUT2D eigenvalue weighted by molar-refractivity contribution is -0.870. The molecule has 0 aromatic carbocycles. The number of carbonyl (C=O) groups excluding carboxylic acids is 1. The number of quaternary nitrogens is 1. The summed E-state index contributed by atoms with van der Waals surface area (Å²) in [6.45, 7) is 4.66. The summed E-state index contributed by atoms with van der Waals surface area (Å²) in [6, 6.07) is -0.880. The summed E-state index contributed by atoms with van der Waals surface area (Å²) < 4.78 is 23.3. The number of likely N-dealkylation sites (N-methyl/N-ethyl adjacent to an activating group) is 1. The molecule has 0 radical (unpaired) electrons. The summed E-state index contributed by atoms with van der Waals surface area (Å²) in [5, 5.41) is 13.6. The van der Waals surface area contributed by atoms with Crippen molar-refractivity contribution in [3.05, 3.63) is 48.6 Å². The maximum atomic E-state index is 12.7. The molecule has 0 rings (SSSR count). The van der Waals surface area contributed by atoms with E-state index < -0.39 is 20.0 Å². The van der Waals surface area contributed by atoms with Gasteiger partial charge in [-0.1, -0.05) is 101 Å². The first-order valence-corrected chi connectivity index (χ1v) is 19.0. The van der Waals surface area contributed by atoms with Crippen molar-refractivity contribution >= 4 is 13.7 Å². The van der Waals surface area contributed by atoms with Crippen molar-refractivity contribution < 1.29 is 32.9 Å². The minimum atomic E-state index is -4.34. The molecule has 262 valence electrons. The number of hydrogen-bond acceptors (Lipinski definition) is 5. The molecule has 3 atom stereocenters. The van der Waals surface area contributed by atoms with E-state index in [2.05, 4.69) is 55.6 Å². The van der Waals surface area contributed by atoms with Crippen molar-refractivity contribution in [1.29, 1.82) is 0 Å². The molecule has 8 nitrogen and oxygen atoms in total. The Morgan fingerprint density at radius 1 is 0.733 bits per heavy atom. The summed E-state index contributed by atoms with van der Waals surface area (Å²) in [5.41, 5.74) is 0. The Morgan fingerprint density at radius 2 is 1.22 bits per heavy atom. The highest BCUT2D eigenvalue weighted by Gasteiger charge is 2.27. The molecule has 0 aliphatic rings. The third-order valence-corrected chi connectivity index (χ3v) is 8.23. The standard InChI is InChI=1S/C36H67N2O6P/c1-6-8-10-12-14-16-17-18-19-20-22-23-25-27-29-35(39)34(33-44-45(41,42)43-32-31-38(3,4)5)37-36(40)30-28-26-24-21-15-13-11-9-7-2/h16-17,20-22,24,27,29,34-35,39H,6-15,18-19,23,25-26,28,30-33H2,1-5H3,(H-,37,40,41,42)/p+1/b17-16+,22-20+,24-21-,29-27+. The molecule has 0 aromatic rings. The number of aliphatic hydroxyl groups excluding tert-OH is 1. The van der Waals surface area contributed by atoms with Gasteiger partial charge in [0.15, 0.2) is 0 Å². The highest BCUT2D eigenvalue weighted by molar-refractivity contribution is 7.47. The Hall–Kier alpha value is -1.54. The van der Waals surface area contributed by atoms with Crippen molar-refractivity contribution in [2.75, 3.05) is 40.9 Å². The van der Waals surface area contributed by atoms with Crippen LogP contribution >= 0.6 is 7.82 Å². The first-order valence-electron chi connectivity index (χ1n) is 17.5. The van der Waals surface area contributed by atoms with E-state index in [0.717, 1.165) is 38.5 Å². The Bertz CT molecular complexity index is 881. The van der Waals surface area contributed by atoms with Crippen LogP contribution in [0.4, 0.5) is 0 Å². The Balaban J connectivity index is 4.74. The number of hydrogen-bond donors (Lipinski definition) is 3. The van der Waals surface area contributed by atoms with Crippen molar-refractivity contribution in [2.24, 2.45) is 0 Å². The van der Waals surface area contributed by atoms with E-state index in [-0.39, 0.29) is 19.1 Å². The minimum Gasteiger partial charge on any atom is -0.387 e. The fourth-order valence-corrected chi connectivity index (χ4v) is 5.10. The largest absolute Gasteiger partial charge is 0.472 e. The van der Waals surface area contributed by atoms with Crippen LogP contribution in [0.1, 0.15) is 123 Å². The number of rotatable bonds is 30. The van der Waals surface area contributed by atoms with E-state index in [0.29, 0.717) is 23.9 Å². The molecule has 3 N–H and O–H groups in total. The quantitative estimate of drug-likeness (QED) is 0.0310. The predicted molar refractivity (Wildman–Crippen MR) is 189 cm³/mol. The van der Waals surface area contributed by atoms with Gasteiger partial charge in [-0.3, -0.25) is 13.8 Å². The number of nitrogens with one attached hydrogen (secondary N) is 1. The lowest BCUT2D eigenvalue weighted by Gasteiger charge is -2.25. The molecule has 0 bridgehead atoms. The van der Waals surface area contributed by atoms with E-state index >= 15 is 0 Å². The van der Waals surface area contributed by atoms with Gasteiger partial charge in [0.25, 0.3) is 0 Å². The van der Waals surface area contributed by atoms with Gasteiger partial charge in [-0.15, -0.1) is 0 Å². The number of allylic oxidation sites excluding steroid dienone is 7. The molecule has 45 heavy (non-hydrogen) atoms. The van der Waals surface area contributed by atoms with Gasteiger partial charge < -0.3 is 19.8 Å². The second-order valence-corrected chi connectivity index (χ2v) is 14.3. The molecule has 1 amide bonds. The van der Waals surface area contributed by atoms with Crippen LogP contribution in [0.3, 0.4) is 0 Å². The summed E-state index contributed by atoms with van der Waals surface area (Å²) in [6.07, 6.45) is 33.3. The summed E-state index contributed by atoms with van der Waals surface area (Å²) in [5.74, 6) is -0.232. The van der Waals surface area contributed by atoms with Crippen LogP contribution in [0.15, 0.2) is 48.6 Å². The molecule has 0 aliphatic carbocycles. The van der Waals surface area contributed by atoms with Gasteiger partial charge in [0.1, 0.15) is 13.2 Å². The lowest BCUT2D eigenvalue weighted by atomic mass is 10.1. The third kappa shape index (κ3) is 30.9. The summed E-state index contributed by atoms with van der Waals surface area (Å²) >= 11 is 0. The lowest BCUT2D eigenvalue weighted by Crippen LogP contribution is -2.45. The third-order valence-electron chi connectivity index (χ3n) is 7.25. The van der Waals surface area contributed by atoms with E-state index in [1.165, 1.54) is 57.8 Å². The molecule has 0 fully saturated rings. The van der Waals surface area contributed by atoms with Crippen LogP contribution in [0.5, 0.6) is 0 Å². The van der Waals surface area contributed by atoms with Crippen molar-refractivity contribution in [3.8, 4) is 0 Å². The van der Waals surface area contributed by atoms with Crippen LogP contribution in [-0.4, -0.2) is 73.4 Å². The van der Waals surface area contributed by atoms with Crippen LogP contribution in [0, 0.1) is 0 Å². The summed E-state index contributed by atoms with van der Waals surface area (Å²) in [7, 11) is 1.52. The van der Waals surface area contributed by atoms with Gasteiger partial charge in [0.05, 0.1) is 39.9 Å². The number of amides is 1. The fraction of sp³-hybridized carbons (Fsp3) is 0.750. The number of unbranched alkanes of at least 4 members (excludes halogenated alkanes) is 11. The number of phosphoric ester groups is 1. The number of aliphatic hydroxyl groups is 1. The van der Waals surface area contributed by atoms with Gasteiger partial charge in [-0.2, -0.15) is 0 Å². The van der Waals surface area contributed by atoms with Crippen molar-refractivity contribution in [2.45, 2.75) is 135 Å². The van der Waals surface area contributed by atoms with Crippen LogP contribution in [0.2, 0.25) is 0 Å². The van der Waals surface area contributed by atoms with Gasteiger partial charge in [-0.25, -0.2) is 4.57 Å². The van der Waals surface area contributed by atoms with Crippen LogP contribution < -0.4 is 5.32 Å². The zero-order chi connectivity index (χ0) is 33.7. The van der Waals surface area contributed by atoms with Gasteiger partial charge in [0.2, 0.25) is 5.91 Å². The van der Waals surface area contributed by atoms with Crippen molar-refractivity contribution in [3.63, 3.8) is 0 Å². The smallest absolute Gasteiger partial charge is 0.387 e. The second-order valence-electron chi connectivity index (χ2n) is 12.9. The van der Waals surface area contributed by atoms with Crippen LogP contribution in [-0.2, 0) is 18.4 Å². The SMILES string of the molecule is CCCCCC/C=C\CCCC(=O)NC(COP(=O)(O)OCC[N+](C)(C)C)C(O)/C=C/CC/C=C/CC/C=C/CCCCCC. The van der Waals surface area contributed by atoms with E-state index in [9.17, 15) is 19.4 Å². The molecule has 0 heterocycles. The topological polar surface area (TPSA) is 105 Å². The molecule has 0 aliphatic heterocycles. The monoisotopic (exact) mass is 655 g/mol. The van der Waals surface area contributed by atoms with Gasteiger partial charge >= 0.3 is 7.82 Å². The Labute approximate surface area is 276 Å². The molecular formula is C36H68N2O6P+. The average molecular weight is 656 g/mol. The zero-order valence-corrected chi connectivity index (χ0v) is 30.2. The van der Waals surface area contributed by atoms with Gasteiger partial charge in [0, 0.05) is 6.42 Å². The van der Waals surface area contributed by atoms with E-state index in [1.807, 2.05) is 27.2 Å². The molecule has 3 unspecified atom stereocenters. The van der Waals surface area contributed by atoms with Crippen molar-refractivity contribution in [1.82, 2.24) is 5.32 Å². The molecule has 0 spiro atoms. The normalized spacial score (nSPS) is 15.4. The van der Waals surface area contributed by atoms with Gasteiger partial charge in [-0.05, 0) is 64.2 Å². The predicted octanol–water partition coefficient (Wildman–Crippen LogP) is 8.57. The summed E-state index contributed by atoms with van der Waals surface area (Å²) in [4.78, 5) is 22.8. The first-order chi connectivity index (χ1) is 21.5. The number of phosphoric acid groups is 1. The van der Waals surface area contributed by atoms with E-state index in [1.54, 1.807) is 6.08 Å². The minimum absolute atomic E-state index is 0.0474. The number of carbonyl (C=O) groups is 1. The number of nitrogens with zero attached hydrogens (tertiary/aromatic N) is 1. The Morgan fingerprint density at radius 3 is 1.73 bits per heavy atom. The Kier molecular flexibility index (Phi) is 27.7. The van der Waals surface area contributed by atoms with E-state index in [4.69, 9.17) is 9.05 Å². The zero-order valence-electron chi connectivity index (χ0n) is 29.3. The molecule has 0 aromatic heterocycles. The molecule has 9 heteroatoms. The average Bonchev–Trinajstić information content (AvgIpc) is 2.97. The molecular weight excluding hydrogens is 587 g/mol. The highest BCUT2D eigenvalue weighted by atomic mass is 31.2. The fourth-order valence-electron chi connectivity index (χ4n) is 4.37. The molecule has 0 saturated heterocycles. The van der Waals surface area contributed by atoms with Crippen LogP contribution in [0.25, 0.3) is 0 Å². The highest BCUT2D eigenvalue weighted by Crippen LogP contribution is 2.43. The first kappa shape index (κ1) is 43.5.